The van der Waals surface area contributed by atoms with Crippen molar-refractivity contribution in [1.82, 2.24) is 4.98 Å². The van der Waals surface area contributed by atoms with Crippen molar-refractivity contribution in [2.24, 2.45) is 0 Å². The van der Waals surface area contributed by atoms with Gasteiger partial charge in [0.2, 0.25) is 0 Å². The van der Waals surface area contributed by atoms with E-state index in [4.69, 9.17) is 51.5 Å². The number of carboxylic acids is 1. The van der Waals surface area contributed by atoms with Crippen molar-refractivity contribution in [2.75, 3.05) is 0 Å². The quantitative estimate of drug-likeness (QED) is 0.616. The monoisotopic (exact) mass is 335 g/mol. The number of hydrogen-bond acceptors (Lipinski definition) is 2. The SMILES string of the molecule is O=C(O)c1ccc(-c2c(Cl)ccc(Cl)c2Cl)nc1Cl. The van der Waals surface area contributed by atoms with Crippen LogP contribution in [0.3, 0.4) is 0 Å². The van der Waals surface area contributed by atoms with E-state index in [1.165, 1.54) is 12.1 Å². The lowest BCUT2D eigenvalue weighted by atomic mass is 10.1. The highest BCUT2D eigenvalue weighted by molar-refractivity contribution is 6.46. The molecule has 0 amide bonds. The highest BCUT2D eigenvalue weighted by Crippen LogP contribution is 2.38. The fraction of sp³-hybridized carbons (Fsp3) is 0. The number of rotatable bonds is 2. The lowest BCUT2D eigenvalue weighted by molar-refractivity contribution is 0.0696. The third kappa shape index (κ3) is 2.79. The molecule has 2 aromatic rings. The molecule has 0 fully saturated rings. The van der Waals surface area contributed by atoms with E-state index in [1.807, 2.05) is 0 Å². The zero-order valence-electron chi connectivity index (χ0n) is 9.12. The summed E-state index contributed by atoms with van der Waals surface area (Å²) in [4.78, 5) is 14.8. The molecule has 0 atom stereocenters. The summed E-state index contributed by atoms with van der Waals surface area (Å²) in [5, 5.41) is 9.65. The second-order valence-corrected chi connectivity index (χ2v) is 5.11. The first-order valence-corrected chi connectivity index (χ1v) is 6.46. The number of hydrogen-bond donors (Lipinski definition) is 1. The van der Waals surface area contributed by atoms with Crippen LogP contribution >= 0.6 is 46.4 Å². The van der Waals surface area contributed by atoms with Gasteiger partial charge in [-0.1, -0.05) is 46.4 Å². The van der Waals surface area contributed by atoms with Gasteiger partial charge >= 0.3 is 5.97 Å². The summed E-state index contributed by atoms with van der Waals surface area (Å²) in [5.74, 6) is -1.16. The topological polar surface area (TPSA) is 50.2 Å². The molecule has 0 aliphatic carbocycles. The highest BCUT2D eigenvalue weighted by Gasteiger charge is 2.16. The van der Waals surface area contributed by atoms with Crippen LogP contribution in [-0.4, -0.2) is 16.1 Å². The van der Waals surface area contributed by atoms with Crippen LogP contribution in [0.2, 0.25) is 20.2 Å². The second kappa shape index (κ2) is 5.55. The van der Waals surface area contributed by atoms with Crippen LogP contribution in [0.5, 0.6) is 0 Å². The normalized spacial score (nSPS) is 10.5. The first kappa shape index (κ1) is 14.4. The zero-order chi connectivity index (χ0) is 14.2. The number of benzene rings is 1. The van der Waals surface area contributed by atoms with E-state index in [1.54, 1.807) is 12.1 Å². The molecular formula is C12H5Cl4NO2. The Labute approximate surface area is 128 Å². The van der Waals surface area contributed by atoms with Gasteiger partial charge in [0, 0.05) is 5.56 Å². The molecule has 7 heteroatoms. The Bertz CT molecular complexity index is 673. The van der Waals surface area contributed by atoms with Crippen molar-refractivity contribution in [1.29, 1.82) is 0 Å². The van der Waals surface area contributed by atoms with Gasteiger partial charge in [0.25, 0.3) is 0 Å². The van der Waals surface area contributed by atoms with E-state index in [9.17, 15) is 4.79 Å². The largest absolute Gasteiger partial charge is 0.478 e. The van der Waals surface area contributed by atoms with Crippen LogP contribution in [0.15, 0.2) is 24.3 Å². The first-order valence-electron chi connectivity index (χ1n) is 4.95. The summed E-state index contributed by atoms with van der Waals surface area (Å²) in [6, 6.07) is 5.94. The van der Waals surface area contributed by atoms with Gasteiger partial charge in [-0.2, -0.15) is 0 Å². The van der Waals surface area contributed by atoms with Gasteiger partial charge in [-0.3, -0.25) is 0 Å². The van der Waals surface area contributed by atoms with Gasteiger partial charge in [-0.05, 0) is 24.3 Å². The maximum Gasteiger partial charge on any atom is 0.338 e. The smallest absolute Gasteiger partial charge is 0.338 e. The van der Waals surface area contributed by atoms with Gasteiger partial charge in [0.05, 0.1) is 26.3 Å². The average molecular weight is 337 g/mol. The zero-order valence-corrected chi connectivity index (χ0v) is 12.1. The second-order valence-electron chi connectivity index (χ2n) is 3.56. The van der Waals surface area contributed by atoms with Crippen LogP contribution in [0.1, 0.15) is 10.4 Å². The van der Waals surface area contributed by atoms with E-state index in [0.29, 0.717) is 21.3 Å². The summed E-state index contributed by atoms with van der Waals surface area (Å²) in [6.07, 6.45) is 0. The van der Waals surface area contributed by atoms with Crippen molar-refractivity contribution in [3.63, 3.8) is 0 Å². The number of aromatic nitrogens is 1. The predicted octanol–water partition coefficient (Wildman–Crippen LogP) is 5.06. The van der Waals surface area contributed by atoms with Crippen LogP contribution < -0.4 is 0 Å². The molecule has 0 aliphatic heterocycles. The Morgan fingerprint density at radius 1 is 1.00 bits per heavy atom. The summed E-state index contributed by atoms with van der Waals surface area (Å²) >= 11 is 23.8. The Morgan fingerprint density at radius 3 is 2.21 bits per heavy atom. The third-order valence-corrected chi connectivity index (χ3v) is 3.79. The number of carboxylic acid groups (broad SMARTS) is 1. The highest BCUT2D eigenvalue weighted by atomic mass is 35.5. The Morgan fingerprint density at radius 2 is 1.63 bits per heavy atom. The molecule has 0 unspecified atom stereocenters. The lowest BCUT2D eigenvalue weighted by Crippen LogP contribution is -2.00. The van der Waals surface area contributed by atoms with Crippen molar-refractivity contribution in [2.45, 2.75) is 0 Å². The van der Waals surface area contributed by atoms with E-state index >= 15 is 0 Å². The molecule has 0 saturated heterocycles. The van der Waals surface area contributed by atoms with Gasteiger partial charge in [0.1, 0.15) is 5.15 Å². The third-order valence-electron chi connectivity index (χ3n) is 2.38. The molecule has 1 aromatic heterocycles. The molecule has 1 aromatic carbocycles. The molecule has 98 valence electrons. The minimum absolute atomic E-state index is 0.0975. The van der Waals surface area contributed by atoms with Gasteiger partial charge in [-0.25, -0.2) is 9.78 Å². The van der Waals surface area contributed by atoms with Crippen LogP contribution in [0.25, 0.3) is 11.3 Å². The number of aromatic carboxylic acids is 1. The van der Waals surface area contributed by atoms with Crippen LogP contribution in [0, 0.1) is 0 Å². The summed E-state index contributed by atoms with van der Waals surface area (Å²) < 4.78 is 0. The van der Waals surface area contributed by atoms with E-state index in [-0.39, 0.29) is 15.7 Å². The maximum atomic E-state index is 10.9. The number of halogens is 4. The first-order chi connectivity index (χ1) is 8.91. The molecule has 0 radical (unpaired) electrons. The molecule has 0 spiro atoms. The molecule has 0 saturated carbocycles. The van der Waals surface area contributed by atoms with Crippen LogP contribution in [-0.2, 0) is 0 Å². The predicted molar refractivity (Wildman–Crippen MR) is 76.7 cm³/mol. The van der Waals surface area contributed by atoms with E-state index < -0.39 is 5.97 Å². The van der Waals surface area contributed by atoms with Crippen molar-refractivity contribution < 1.29 is 9.90 Å². The molecule has 19 heavy (non-hydrogen) atoms. The minimum atomic E-state index is -1.16. The lowest BCUT2D eigenvalue weighted by Gasteiger charge is -2.09. The Balaban J connectivity index is 2.64. The molecule has 0 bridgehead atoms. The molecule has 1 heterocycles. The fourth-order valence-corrected chi connectivity index (χ4v) is 2.45. The van der Waals surface area contributed by atoms with Gasteiger partial charge < -0.3 is 5.11 Å². The summed E-state index contributed by atoms with van der Waals surface area (Å²) in [6.45, 7) is 0. The minimum Gasteiger partial charge on any atom is -0.478 e. The summed E-state index contributed by atoms with van der Waals surface area (Å²) in [5.41, 5.74) is 0.668. The average Bonchev–Trinajstić information content (AvgIpc) is 2.34. The van der Waals surface area contributed by atoms with Crippen LogP contribution in [0.4, 0.5) is 0 Å². The maximum absolute atomic E-state index is 10.9. The van der Waals surface area contributed by atoms with E-state index in [2.05, 4.69) is 4.98 Å². The molecular weight excluding hydrogens is 332 g/mol. The van der Waals surface area contributed by atoms with Gasteiger partial charge in [0.15, 0.2) is 0 Å². The van der Waals surface area contributed by atoms with E-state index in [0.717, 1.165) is 0 Å². The molecule has 2 rings (SSSR count). The Kier molecular flexibility index (Phi) is 4.21. The van der Waals surface area contributed by atoms with Crippen molar-refractivity contribution in [3.05, 3.63) is 50.0 Å². The molecule has 0 aliphatic rings. The fourth-order valence-electron chi connectivity index (χ4n) is 1.49. The van der Waals surface area contributed by atoms with Crippen molar-refractivity contribution in [3.8, 4) is 11.3 Å². The number of pyridine rings is 1. The Hall–Kier alpha value is -1.000. The number of nitrogens with zero attached hydrogens (tertiary/aromatic N) is 1. The standard InChI is InChI=1S/C12H5Cl4NO2/c13-6-2-3-7(14)10(15)9(6)8-4-1-5(12(18)19)11(16)17-8/h1-4H,(H,18,19). The summed E-state index contributed by atoms with van der Waals surface area (Å²) in [7, 11) is 0. The number of carbonyl (C=O) groups is 1. The van der Waals surface area contributed by atoms with Gasteiger partial charge in [-0.15, -0.1) is 0 Å². The molecule has 3 nitrogen and oxygen atoms in total. The van der Waals surface area contributed by atoms with Crippen molar-refractivity contribution >= 4 is 52.4 Å². The molecule has 1 N–H and O–H groups in total.